The fraction of sp³-hybridized carbons (Fsp3) is 0.913. The van der Waals surface area contributed by atoms with E-state index in [0.717, 1.165) is 31.0 Å². The Bertz CT molecular complexity index is 400. The Hall–Kier alpha value is -0.0500. The van der Waals surface area contributed by atoms with Crippen molar-refractivity contribution in [1.82, 2.24) is 0 Å². The predicted octanol–water partition coefficient (Wildman–Crippen LogP) is 6.92. The van der Waals surface area contributed by atoms with Gasteiger partial charge in [-0.3, -0.25) is 0 Å². The van der Waals surface area contributed by atoms with Crippen molar-refractivity contribution in [2.75, 3.05) is 13.2 Å². The molecule has 3 rings (SSSR count). The quantitative estimate of drug-likeness (QED) is 0.445. The van der Waals surface area contributed by atoms with Crippen molar-refractivity contribution in [1.29, 1.82) is 0 Å². The van der Waals surface area contributed by atoms with E-state index in [2.05, 4.69) is 13.0 Å². The molecular weight excluding hydrogens is 344 g/mol. The minimum atomic E-state index is 0.0861. The van der Waals surface area contributed by atoms with Crippen molar-refractivity contribution in [3.05, 3.63) is 11.6 Å². The van der Waals surface area contributed by atoms with Gasteiger partial charge in [0.15, 0.2) is 6.29 Å². The molecule has 0 unspecified atom stereocenters. The van der Waals surface area contributed by atoms with E-state index in [1.165, 1.54) is 77.0 Å². The Morgan fingerprint density at radius 1 is 0.808 bits per heavy atom. The normalized spacial score (nSPS) is 39.3. The summed E-state index contributed by atoms with van der Waals surface area (Å²) in [7, 11) is 0. The SMILES string of the molecule is CCCCCC1COC(C2CCC(C3CCC(/C=C/Cl)CC3)CC2)OC1. The lowest BCUT2D eigenvalue weighted by Crippen LogP contribution is -2.39. The molecule has 2 saturated carbocycles. The van der Waals surface area contributed by atoms with Crippen LogP contribution in [-0.4, -0.2) is 19.5 Å². The molecule has 1 aliphatic heterocycles. The average Bonchev–Trinajstić information content (AvgIpc) is 2.70. The van der Waals surface area contributed by atoms with Crippen LogP contribution in [0.15, 0.2) is 11.6 Å². The predicted molar refractivity (Wildman–Crippen MR) is 109 cm³/mol. The molecule has 1 heterocycles. The Kier molecular flexibility index (Phi) is 8.81. The summed E-state index contributed by atoms with van der Waals surface area (Å²) in [5.74, 6) is 3.89. The van der Waals surface area contributed by atoms with Crippen molar-refractivity contribution in [3.8, 4) is 0 Å². The van der Waals surface area contributed by atoms with Gasteiger partial charge in [-0.2, -0.15) is 0 Å². The number of unbranched alkanes of at least 4 members (excludes halogenated alkanes) is 2. The molecule has 2 nitrogen and oxygen atoms in total. The van der Waals surface area contributed by atoms with Gasteiger partial charge in [0.25, 0.3) is 0 Å². The summed E-state index contributed by atoms with van der Waals surface area (Å²) in [5.41, 5.74) is 1.72. The molecule has 3 heteroatoms. The summed E-state index contributed by atoms with van der Waals surface area (Å²) in [6.45, 7) is 4.11. The van der Waals surface area contributed by atoms with E-state index >= 15 is 0 Å². The number of hydrogen-bond acceptors (Lipinski definition) is 2. The zero-order valence-electron chi connectivity index (χ0n) is 16.7. The van der Waals surface area contributed by atoms with Gasteiger partial charge in [0.2, 0.25) is 0 Å². The van der Waals surface area contributed by atoms with E-state index in [0.29, 0.717) is 11.8 Å². The van der Waals surface area contributed by atoms with Crippen molar-refractivity contribution < 1.29 is 9.47 Å². The molecule has 0 atom stereocenters. The summed E-state index contributed by atoms with van der Waals surface area (Å²) < 4.78 is 12.3. The van der Waals surface area contributed by atoms with E-state index in [1.807, 2.05) is 0 Å². The van der Waals surface area contributed by atoms with Crippen LogP contribution >= 0.6 is 11.6 Å². The third-order valence-electron chi connectivity index (χ3n) is 7.24. The first-order valence-electron chi connectivity index (χ1n) is 11.3. The first-order valence-corrected chi connectivity index (χ1v) is 11.7. The molecule has 3 aliphatic rings. The zero-order valence-corrected chi connectivity index (χ0v) is 17.5. The monoisotopic (exact) mass is 382 g/mol. The van der Waals surface area contributed by atoms with E-state index < -0.39 is 0 Å². The molecule has 0 N–H and O–H groups in total. The van der Waals surface area contributed by atoms with Gasteiger partial charge in [-0.1, -0.05) is 43.9 Å². The second-order valence-corrected chi connectivity index (χ2v) is 9.32. The second kappa shape index (κ2) is 11.1. The van der Waals surface area contributed by atoms with Crippen LogP contribution in [0.25, 0.3) is 0 Å². The van der Waals surface area contributed by atoms with Crippen LogP contribution in [0, 0.1) is 29.6 Å². The summed E-state index contributed by atoms with van der Waals surface area (Å²) in [4.78, 5) is 0. The van der Waals surface area contributed by atoms with Crippen molar-refractivity contribution >= 4 is 11.6 Å². The molecule has 0 aromatic rings. The van der Waals surface area contributed by atoms with Gasteiger partial charge in [0, 0.05) is 17.4 Å². The van der Waals surface area contributed by atoms with E-state index in [1.54, 1.807) is 5.54 Å². The van der Waals surface area contributed by atoms with E-state index in [-0.39, 0.29) is 6.29 Å². The molecule has 26 heavy (non-hydrogen) atoms. The fourth-order valence-electron chi connectivity index (χ4n) is 5.48. The van der Waals surface area contributed by atoms with Crippen LogP contribution < -0.4 is 0 Å². The van der Waals surface area contributed by atoms with Gasteiger partial charge in [0.05, 0.1) is 13.2 Å². The van der Waals surface area contributed by atoms with Crippen molar-refractivity contribution in [2.24, 2.45) is 29.6 Å². The summed E-state index contributed by atoms with van der Waals surface area (Å²) in [6.07, 6.45) is 18.4. The number of hydrogen-bond donors (Lipinski definition) is 0. The highest BCUT2D eigenvalue weighted by atomic mass is 35.5. The number of rotatable bonds is 7. The molecule has 1 saturated heterocycles. The molecular formula is C23H39ClO2. The molecule has 0 aromatic heterocycles. The van der Waals surface area contributed by atoms with Crippen LogP contribution in [-0.2, 0) is 9.47 Å². The van der Waals surface area contributed by atoms with Crippen LogP contribution in [0.1, 0.15) is 84.0 Å². The molecule has 0 spiro atoms. The maximum absolute atomic E-state index is 6.14. The fourth-order valence-corrected chi connectivity index (χ4v) is 5.69. The summed E-state index contributed by atoms with van der Waals surface area (Å²) in [6, 6.07) is 0. The van der Waals surface area contributed by atoms with E-state index in [4.69, 9.17) is 21.1 Å². The summed E-state index contributed by atoms with van der Waals surface area (Å²) in [5, 5.41) is 0. The van der Waals surface area contributed by atoms with Crippen LogP contribution in [0.2, 0.25) is 0 Å². The maximum Gasteiger partial charge on any atom is 0.160 e. The van der Waals surface area contributed by atoms with Crippen LogP contribution in [0.5, 0.6) is 0 Å². The largest absolute Gasteiger partial charge is 0.352 e. The first-order chi connectivity index (χ1) is 12.8. The third kappa shape index (κ3) is 5.97. The number of ether oxygens (including phenoxy) is 2. The Morgan fingerprint density at radius 2 is 1.38 bits per heavy atom. The Balaban J connectivity index is 1.33. The number of halogens is 1. The van der Waals surface area contributed by atoms with Gasteiger partial charge < -0.3 is 9.47 Å². The molecule has 150 valence electrons. The van der Waals surface area contributed by atoms with Gasteiger partial charge in [-0.25, -0.2) is 0 Å². The lowest BCUT2D eigenvalue weighted by atomic mass is 9.69. The molecule has 2 aliphatic carbocycles. The van der Waals surface area contributed by atoms with Gasteiger partial charge in [-0.15, -0.1) is 0 Å². The van der Waals surface area contributed by atoms with Crippen LogP contribution in [0.4, 0.5) is 0 Å². The third-order valence-corrected chi connectivity index (χ3v) is 7.38. The highest BCUT2D eigenvalue weighted by Crippen LogP contribution is 2.43. The second-order valence-electron chi connectivity index (χ2n) is 9.07. The van der Waals surface area contributed by atoms with Gasteiger partial charge in [-0.05, 0) is 75.5 Å². The first kappa shape index (κ1) is 20.7. The zero-order chi connectivity index (χ0) is 18.2. The van der Waals surface area contributed by atoms with E-state index in [9.17, 15) is 0 Å². The van der Waals surface area contributed by atoms with Gasteiger partial charge in [0.1, 0.15) is 0 Å². The highest BCUT2D eigenvalue weighted by molar-refractivity contribution is 6.25. The smallest absolute Gasteiger partial charge is 0.160 e. The van der Waals surface area contributed by atoms with Crippen LogP contribution in [0.3, 0.4) is 0 Å². The topological polar surface area (TPSA) is 18.5 Å². The lowest BCUT2D eigenvalue weighted by Gasteiger charge is -2.40. The van der Waals surface area contributed by atoms with Crippen molar-refractivity contribution in [2.45, 2.75) is 90.3 Å². The minimum absolute atomic E-state index is 0.0861. The molecule has 0 bridgehead atoms. The Labute approximate surface area is 166 Å². The van der Waals surface area contributed by atoms with Crippen molar-refractivity contribution in [3.63, 3.8) is 0 Å². The minimum Gasteiger partial charge on any atom is -0.352 e. The molecule has 0 radical (unpaired) electrons. The van der Waals surface area contributed by atoms with Gasteiger partial charge >= 0.3 is 0 Å². The lowest BCUT2D eigenvalue weighted by molar-refractivity contribution is -0.230. The molecule has 3 fully saturated rings. The standard InChI is InChI=1S/C23H39ClO2/c1-2-3-4-5-19-16-25-23(26-17-19)22-12-10-21(11-13-22)20-8-6-18(7-9-20)14-15-24/h14-15,18-23H,2-13,16-17H2,1H3/b15-14+. The molecule has 0 aromatic carbocycles. The number of allylic oxidation sites excluding steroid dienone is 1. The average molecular weight is 383 g/mol. The molecule has 0 amide bonds. The summed E-state index contributed by atoms with van der Waals surface area (Å²) >= 11 is 5.75. The highest BCUT2D eigenvalue weighted by Gasteiger charge is 2.35. The Morgan fingerprint density at radius 3 is 1.96 bits per heavy atom. The maximum atomic E-state index is 6.14.